The number of nitrogens with one attached hydrogen (secondary N) is 1. The van der Waals surface area contributed by atoms with Gasteiger partial charge in [-0.1, -0.05) is 23.2 Å². The van der Waals surface area contributed by atoms with E-state index in [1.54, 1.807) is 0 Å². The van der Waals surface area contributed by atoms with Gasteiger partial charge in [0, 0.05) is 6.61 Å². The molecule has 0 aliphatic carbocycles. The molecule has 3 N–H and O–H groups in total. The summed E-state index contributed by atoms with van der Waals surface area (Å²) in [7, 11) is 0. The van der Waals surface area contributed by atoms with Crippen molar-refractivity contribution < 1.29 is 9.47 Å². The molecular weight excluding hydrogens is 253 g/mol. The predicted molar refractivity (Wildman–Crippen MR) is 64.1 cm³/mol. The van der Waals surface area contributed by atoms with Crippen molar-refractivity contribution in [1.82, 2.24) is 4.98 Å². The summed E-state index contributed by atoms with van der Waals surface area (Å²) in [6.07, 6.45) is 0. The van der Waals surface area contributed by atoms with E-state index < -0.39 is 0 Å². The van der Waals surface area contributed by atoms with E-state index in [1.807, 2.05) is 6.92 Å². The van der Waals surface area contributed by atoms with Crippen molar-refractivity contribution in [3.63, 3.8) is 0 Å². The van der Waals surface area contributed by atoms with Gasteiger partial charge in [-0.15, -0.1) is 0 Å². The van der Waals surface area contributed by atoms with Crippen LogP contribution in [0.4, 0.5) is 5.82 Å². The minimum Gasteiger partial charge on any atom is -0.474 e. The summed E-state index contributed by atoms with van der Waals surface area (Å²) in [4.78, 5) is 4.01. The first kappa shape index (κ1) is 13.3. The van der Waals surface area contributed by atoms with Gasteiger partial charge in [0.2, 0.25) is 5.88 Å². The zero-order valence-electron chi connectivity index (χ0n) is 8.80. The Bertz CT molecular complexity index is 350. The number of rotatable bonds is 6. The maximum atomic E-state index is 5.89. The van der Waals surface area contributed by atoms with Crippen LogP contribution in [-0.2, 0) is 4.74 Å². The molecule has 0 aliphatic heterocycles. The summed E-state index contributed by atoms with van der Waals surface area (Å²) in [5.74, 6) is 5.82. The van der Waals surface area contributed by atoms with Gasteiger partial charge in [0.05, 0.1) is 11.6 Å². The lowest BCUT2D eigenvalue weighted by Gasteiger charge is -2.09. The molecule has 7 heteroatoms. The van der Waals surface area contributed by atoms with Crippen LogP contribution in [0.5, 0.6) is 5.88 Å². The number of hydrogen-bond donors (Lipinski definition) is 2. The molecule has 5 nitrogen and oxygen atoms in total. The van der Waals surface area contributed by atoms with Crippen LogP contribution in [0.3, 0.4) is 0 Å². The van der Waals surface area contributed by atoms with Crippen molar-refractivity contribution in [2.24, 2.45) is 5.84 Å². The lowest BCUT2D eigenvalue weighted by atomic mass is 10.4. The van der Waals surface area contributed by atoms with Crippen LogP contribution < -0.4 is 16.0 Å². The fraction of sp³-hybridized carbons (Fsp3) is 0.444. The van der Waals surface area contributed by atoms with E-state index in [1.165, 1.54) is 6.07 Å². The van der Waals surface area contributed by atoms with Crippen LogP contribution >= 0.6 is 23.2 Å². The highest BCUT2D eigenvalue weighted by molar-refractivity contribution is 6.36. The van der Waals surface area contributed by atoms with Crippen molar-refractivity contribution in [2.45, 2.75) is 6.92 Å². The first-order valence-electron chi connectivity index (χ1n) is 4.72. The Morgan fingerprint density at radius 1 is 1.38 bits per heavy atom. The highest BCUT2D eigenvalue weighted by Crippen LogP contribution is 2.30. The molecule has 0 bridgehead atoms. The van der Waals surface area contributed by atoms with Crippen LogP contribution in [0, 0.1) is 0 Å². The standard InChI is InChI=1S/C9H13Cl2N3O2/c1-2-15-3-4-16-9-7(11)5-6(10)8(13-9)14-12/h5H,2-4,12H2,1H3,(H,13,14). The number of nitrogen functional groups attached to an aromatic ring is 1. The molecule has 90 valence electrons. The van der Waals surface area contributed by atoms with Crippen molar-refractivity contribution in [3.05, 3.63) is 16.1 Å². The summed E-state index contributed by atoms with van der Waals surface area (Å²) in [5, 5.41) is 0.671. The molecule has 0 spiro atoms. The van der Waals surface area contributed by atoms with Crippen molar-refractivity contribution in [2.75, 3.05) is 25.2 Å². The molecule has 0 atom stereocenters. The quantitative estimate of drug-likeness (QED) is 0.468. The highest BCUT2D eigenvalue weighted by atomic mass is 35.5. The molecule has 0 saturated heterocycles. The van der Waals surface area contributed by atoms with Crippen LogP contribution in [0.2, 0.25) is 10.0 Å². The maximum Gasteiger partial charge on any atom is 0.234 e. The number of halogens is 2. The normalized spacial score (nSPS) is 10.2. The minimum absolute atomic E-state index is 0.277. The second-order valence-corrected chi connectivity index (χ2v) is 3.61. The Morgan fingerprint density at radius 2 is 2.12 bits per heavy atom. The number of pyridine rings is 1. The van der Waals surface area contributed by atoms with Gasteiger partial charge in [0.15, 0.2) is 5.82 Å². The van der Waals surface area contributed by atoms with E-state index in [2.05, 4.69) is 10.4 Å². The monoisotopic (exact) mass is 265 g/mol. The lowest BCUT2D eigenvalue weighted by Crippen LogP contribution is -2.11. The third-order valence-corrected chi connectivity index (χ3v) is 2.26. The third kappa shape index (κ3) is 3.68. The SMILES string of the molecule is CCOCCOc1nc(NN)c(Cl)cc1Cl. The van der Waals surface area contributed by atoms with Gasteiger partial charge in [-0.25, -0.2) is 5.84 Å². The van der Waals surface area contributed by atoms with E-state index in [-0.39, 0.29) is 5.88 Å². The van der Waals surface area contributed by atoms with Gasteiger partial charge in [0.1, 0.15) is 11.6 Å². The Labute approximate surface area is 104 Å². The van der Waals surface area contributed by atoms with Gasteiger partial charge in [-0.3, -0.25) is 0 Å². The Hall–Kier alpha value is -0.750. The van der Waals surface area contributed by atoms with E-state index in [4.69, 9.17) is 38.5 Å². The fourth-order valence-corrected chi connectivity index (χ4v) is 1.46. The number of anilines is 1. The molecule has 1 heterocycles. The zero-order valence-corrected chi connectivity index (χ0v) is 10.3. The van der Waals surface area contributed by atoms with Crippen LogP contribution in [0.25, 0.3) is 0 Å². The first-order valence-corrected chi connectivity index (χ1v) is 5.47. The van der Waals surface area contributed by atoms with Crippen LogP contribution in [0.15, 0.2) is 6.07 Å². The molecule has 0 amide bonds. The number of ether oxygens (including phenoxy) is 2. The molecule has 0 aromatic carbocycles. The summed E-state index contributed by atoms with van der Waals surface area (Å²) < 4.78 is 10.4. The van der Waals surface area contributed by atoms with Crippen molar-refractivity contribution >= 4 is 29.0 Å². The number of nitrogens with two attached hydrogens (primary N) is 1. The summed E-state index contributed by atoms with van der Waals surface area (Å²) >= 11 is 11.7. The van der Waals surface area contributed by atoms with Gasteiger partial charge in [0.25, 0.3) is 0 Å². The first-order chi connectivity index (χ1) is 7.69. The molecule has 1 rings (SSSR count). The molecule has 0 saturated carbocycles. The van der Waals surface area contributed by atoms with Crippen LogP contribution in [0.1, 0.15) is 6.92 Å². The molecule has 1 aromatic rings. The Kier molecular flexibility index (Phi) is 5.62. The zero-order chi connectivity index (χ0) is 12.0. The van der Waals surface area contributed by atoms with Gasteiger partial charge in [-0.05, 0) is 13.0 Å². The molecule has 0 aliphatic rings. The fourth-order valence-electron chi connectivity index (χ4n) is 0.994. The molecule has 0 unspecified atom stereocenters. The Balaban J connectivity index is 2.64. The molecule has 0 radical (unpaired) electrons. The largest absolute Gasteiger partial charge is 0.474 e. The maximum absolute atomic E-state index is 5.89. The average molecular weight is 266 g/mol. The number of hydrazine groups is 1. The predicted octanol–water partition coefficient (Wildman–Crippen LogP) is 2.09. The number of aromatic nitrogens is 1. The average Bonchev–Trinajstić information content (AvgIpc) is 2.27. The summed E-state index contributed by atoms with van der Waals surface area (Å²) in [6.45, 7) is 3.39. The van der Waals surface area contributed by atoms with E-state index in [0.717, 1.165) is 0 Å². The van der Waals surface area contributed by atoms with Gasteiger partial charge in [-0.2, -0.15) is 4.98 Å². The van der Waals surface area contributed by atoms with Crippen molar-refractivity contribution in [3.8, 4) is 5.88 Å². The van der Waals surface area contributed by atoms with Crippen LogP contribution in [-0.4, -0.2) is 24.8 Å². The third-order valence-electron chi connectivity index (χ3n) is 1.70. The smallest absolute Gasteiger partial charge is 0.234 e. The summed E-state index contributed by atoms with van der Waals surface area (Å²) in [5.41, 5.74) is 2.35. The number of nitrogens with zero attached hydrogens (tertiary/aromatic N) is 1. The topological polar surface area (TPSA) is 69.4 Å². The second-order valence-electron chi connectivity index (χ2n) is 2.80. The second kappa shape index (κ2) is 6.75. The minimum atomic E-state index is 0.277. The van der Waals surface area contributed by atoms with Crippen molar-refractivity contribution in [1.29, 1.82) is 0 Å². The molecule has 16 heavy (non-hydrogen) atoms. The lowest BCUT2D eigenvalue weighted by molar-refractivity contribution is 0.108. The van der Waals surface area contributed by atoms with Gasteiger partial charge < -0.3 is 14.9 Å². The molecule has 1 aromatic heterocycles. The highest BCUT2D eigenvalue weighted by Gasteiger charge is 2.09. The van der Waals surface area contributed by atoms with E-state index in [9.17, 15) is 0 Å². The number of hydrogen-bond acceptors (Lipinski definition) is 5. The molecular formula is C9H13Cl2N3O2. The van der Waals surface area contributed by atoms with E-state index in [0.29, 0.717) is 35.7 Å². The molecule has 0 fully saturated rings. The Morgan fingerprint density at radius 3 is 2.75 bits per heavy atom. The van der Waals surface area contributed by atoms with E-state index >= 15 is 0 Å². The summed E-state index contributed by atoms with van der Waals surface area (Å²) in [6, 6.07) is 1.52. The van der Waals surface area contributed by atoms with Gasteiger partial charge >= 0.3 is 0 Å².